The molecule has 0 aromatic heterocycles. The third kappa shape index (κ3) is 3.70. The van der Waals surface area contributed by atoms with E-state index in [0.29, 0.717) is 18.2 Å². The van der Waals surface area contributed by atoms with E-state index in [9.17, 15) is 10.1 Å². The van der Waals surface area contributed by atoms with Crippen molar-refractivity contribution >= 4 is 27.3 Å². The van der Waals surface area contributed by atoms with Gasteiger partial charge < -0.3 is 9.64 Å². The summed E-state index contributed by atoms with van der Waals surface area (Å²) in [6, 6.07) is 5.05. The molecule has 6 heteroatoms. The molecule has 20 heavy (non-hydrogen) atoms. The van der Waals surface area contributed by atoms with Crippen molar-refractivity contribution in [3.05, 3.63) is 32.8 Å². The molecule has 1 saturated heterocycles. The minimum absolute atomic E-state index is 0.151. The summed E-state index contributed by atoms with van der Waals surface area (Å²) >= 11 is 3.38. The van der Waals surface area contributed by atoms with Crippen molar-refractivity contribution in [2.24, 2.45) is 5.92 Å². The Morgan fingerprint density at radius 2 is 2.30 bits per heavy atom. The van der Waals surface area contributed by atoms with Crippen molar-refractivity contribution < 1.29 is 9.66 Å². The maximum Gasteiger partial charge on any atom is 0.292 e. The Labute approximate surface area is 127 Å². The number of nitrogens with zero attached hydrogens (tertiary/aromatic N) is 2. The van der Waals surface area contributed by atoms with E-state index in [-0.39, 0.29) is 16.7 Å². The van der Waals surface area contributed by atoms with E-state index in [1.165, 1.54) is 0 Å². The molecule has 1 unspecified atom stereocenters. The predicted molar refractivity (Wildman–Crippen MR) is 82.2 cm³/mol. The second-order valence-corrected chi connectivity index (χ2v) is 6.39. The van der Waals surface area contributed by atoms with Gasteiger partial charge in [-0.15, -0.1) is 0 Å². The van der Waals surface area contributed by atoms with E-state index in [4.69, 9.17) is 4.74 Å². The quantitative estimate of drug-likeness (QED) is 0.605. The topological polar surface area (TPSA) is 55.6 Å². The summed E-state index contributed by atoms with van der Waals surface area (Å²) in [5.41, 5.74) is 0.817. The molecule has 0 spiro atoms. The van der Waals surface area contributed by atoms with Crippen molar-refractivity contribution in [3.63, 3.8) is 0 Å². The molecule has 110 valence electrons. The van der Waals surface area contributed by atoms with E-state index in [2.05, 4.69) is 29.8 Å². The van der Waals surface area contributed by atoms with Gasteiger partial charge in [-0.1, -0.05) is 29.8 Å². The van der Waals surface area contributed by atoms with Crippen molar-refractivity contribution in [1.82, 2.24) is 0 Å². The lowest BCUT2D eigenvalue weighted by atomic mass is 10.2. The second-order valence-electron chi connectivity index (χ2n) is 5.47. The average molecular weight is 343 g/mol. The highest BCUT2D eigenvalue weighted by molar-refractivity contribution is 9.10. The molecule has 0 N–H and O–H groups in total. The molecule has 0 amide bonds. The van der Waals surface area contributed by atoms with Gasteiger partial charge in [0.25, 0.3) is 5.69 Å². The molecule has 0 aliphatic carbocycles. The van der Waals surface area contributed by atoms with Gasteiger partial charge in [0.05, 0.1) is 11.0 Å². The molecule has 1 fully saturated rings. The predicted octanol–water partition coefficient (Wildman–Crippen LogP) is 3.61. The van der Waals surface area contributed by atoms with Crippen LogP contribution in [-0.4, -0.2) is 30.7 Å². The highest BCUT2D eigenvalue weighted by Crippen LogP contribution is 2.33. The number of rotatable bonds is 5. The summed E-state index contributed by atoms with van der Waals surface area (Å²) < 4.78 is 6.67. The second kappa shape index (κ2) is 6.54. The van der Waals surface area contributed by atoms with E-state index in [0.717, 1.165) is 24.0 Å². The monoisotopic (exact) mass is 342 g/mol. The van der Waals surface area contributed by atoms with Crippen LogP contribution in [0.5, 0.6) is 0 Å². The molecule has 1 aliphatic rings. The number of benzene rings is 1. The summed E-state index contributed by atoms with van der Waals surface area (Å²) in [5, 5.41) is 11.1. The number of ether oxygens (including phenoxy) is 1. The third-order valence-corrected chi connectivity index (χ3v) is 3.78. The molecule has 5 nitrogen and oxygen atoms in total. The van der Waals surface area contributed by atoms with Crippen LogP contribution in [-0.2, 0) is 4.74 Å². The molecule has 0 radical (unpaired) electrons. The van der Waals surface area contributed by atoms with Gasteiger partial charge in [-0.05, 0) is 24.5 Å². The Bertz CT molecular complexity index is 493. The fraction of sp³-hybridized carbons (Fsp3) is 0.571. The molecule has 1 aliphatic heterocycles. The number of nitro groups is 1. The number of anilines is 1. The first-order valence-corrected chi connectivity index (χ1v) is 7.57. The largest absolute Gasteiger partial charge is 0.376 e. The number of nitro benzene ring substituents is 1. The maximum absolute atomic E-state index is 11.1. The Kier molecular flexibility index (Phi) is 4.99. The highest BCUT2D eigenvalue weighted by atomic mass is 79.9. The van der Waals surface area contributed by atoms with Gasteiger partial charge in [-0.2, -0.15) is 0 Å². The van der Waals surface area contributed by atoms with Crippen LogP contribution in [0.1, 0.15) is 20.3 Å². The summed E-state index contributed by atoms with van der Waals surface area (Å²) in [6.07, 6.45) is 1.08. The summed E-state index contributed by atoms with van der Waals surface area (Å²) in [6.45, 7) is 6.47. The zero-order chi connectivity index (χ0) is 14.7. The van der Waals surface area contributed by atoms with E-state index in [1.54, 1.807) is 12.1 Å². The standard InChI is InChI=1S/C14H19BrN2O3/c1-10(2)9-20-12-5-6-16(8-12)14-7-11(15)3-4-13(14)17(18)19/h3-4,7,10,12H,5-6,8-9H2,1-2H3. The van der Waals surface area contributed by atoms with E-state index < -0.39 is 0 Å². The zero-order valence-corrected chi connectivity index (χ0v) is 13.3. The lowest BCUT2D eigenvalue weighted by Gasteiger charge is -2.19. The SMILES string of the molecule is CC(C)COC1CCN(c2cc(Br)ccc2[N+](=O)[O-])C1. The van der Waals surface area contributed by atoms with Crippen LogP contribution >= 0.6 is 15.9 Å². The smallest absolute Gasteiger partial charge is 0.292 e. The Balaban J connectivity index is 2.09. The van der Waals surface area contributed by atoms with Gasteiger partial charge in [-0.25, -0.2) is 0 Å². The average Bonchev–Trinajstić information content (AvgIpc) is 2.84. The third-order valence-electron chi connectivity index (χ3n) is 3.29. The molecule has 2 rings (SSSR count). The summed E-state index contributed by atoms with van der Waals surface area (Å²) in [4.78, 5) is 12.8. The normalized spacial score (nSPS) is 18.8. The maximum atomic E-state index is 11.1. The zero-order valence-electron chi connectivity index (χ0n) is 11.7. The van der Waals surface area contributed by atoms with Crippen LogP contribution in [0.2, 0.25) is 0 Å². The molecule has 0 bridgehead atoms. The van der Waals surface area contributed by atoms with Gasteiger partial charge >= 0.3 is 0 Å². The molecular formula is C14H19BrN2O3. The molecule has 1 atom stereocenters. The van der Waals surface area contributed by atoms with Crippen molar-refractivity contribution in [3.8, 4) is 0 Å². The Morgan fingerprint density at radius 1 is 1.55 bits per heavy atom. The minimum Gasteiger partial charge on any atom is -0.376 e. The fourth-order valence-electron chi connectivity index (χ4n) is 2.32. The van der Waals surface area contributed by atoms with Crippen molar-refractivity contribution in [2.75, 3.05) is 24.6 Å². The highest BCUT2D eigenvalue weighted by Gasteiger charge is 2.28. The molecule has 1 aromatic rings. The lowest BCUT2D eigenvalue weighted by Crippen LogP contribution is -2.24. The van der Waals surface area contributed by atoms with Crippen LogP contribution in [0.4, 0.5) is 11.4 Å². The first-order valence-electron chi connectivity index (χ1n) is 6.78. The van der Waals surface area contributed by atoms with Crippen LogP contribution in [0.15, 0.2) is 22.7 Å². The fourth-order valence-corrected chi connectivity index (χ4v) is 2.66. The number of hydrogen-bond donors (Lipinski definition) is 0. The lowest BCUT2D eigenvalue weighted by molar-refractivity contribution is -0.384. The van der Waals surface area contributed by atoms with Crippen LogP contribution in [0.3, 0.4) is 0 Å². The van der Waals surface area contributed by atoms with Crippen LogP contribution < -0.4 is 4.90 Å². The van der Waals surface area contributed by atoms with Gasteiger partial charge in [0.15, 0.2) is 0 Å². The minimum atomic E-state index is -0.329. The van der Waals surface area contributed by atoms with Crippen molar-refractivity contribution in [1.29, 1.82) is 0 Å². The molecule has 1 aromatic carbocycles. The summed E-state index contributed by atoms with van der Waals surface area (Å²) in [5.74, 6) is 0.504. The van der Waals surface area contributed by atoms with Crippen LogP contribution in [0.25, 0.3) is 0 Å². The molecule has 0 saturated carbocycles. The number of halogens is 1. The first-order chi connectivity index (χ1) is 9.47. The molecular weight excluding hydrogens is 324 g/mol. The Morgan fingerprint density at radius 3 is 2.95 bits per heavy atom. The van der Waals surface area contributed by atoms with Gasteiger partial charge in [0.1, 0.15) is 5.69 Å². The number of hydrogen-bond acceptors (Lipinski definition) is 4. The van der Waals surface area contributed by atoms with Crippen molar-refractivity contribution in [2.45, 2.75) is 26.4 Å². The van der Waals surface area contributed by atoms with Crippen LogP contribution in [0, 0.1) is 16.0 Å². The van der Waals surface area contributed by atoms with Gasteiger partial charge in [-0.3, -0.25) is 10.1 Å². The first kappa shape index (κ1) is 15.3. The summed E-state index contributed by atoms with van der Waals surface area (Å²) in [7, 11) is 0. The van der Waals surface area contributed by atoms with E-state index in [1.807, 2.05) is 11.0 Å². The van der Waals surface area contributed by atoms with Gasteiger partial charge in [0, 0.05) is 30.2 Å². The van der Waals surface area contributed by atoms with E-state index >= 15 is 0 Å². The Hall–Kier alpha value is -1.14. The van der Waals surface area contributed by atoms with Gasteiger partial charge in [0.2, 0.25) is 0 Å². The molecule has 1 heterocycles.